The number of carbonyl (C=O) groups is 2. The van der Waals surface area contributed by atoms with E-state index in [1.165, 1.54) is 17.7 Å². The maximum Gasteiger partial charge on any atom is 0.311 e. The highest BCUT2D eigenvalue weighted by Gasteiger charge is 2.35. The fourth-order valence-electron chi connectivity index (χ4n) is 2.90. The Morgan fingerprint density at radius 2 is 2.18 bits per heavy atom. The lowest BCUT2D eigenvalue weighted by Crippen LogP contribution is -2.52. The number of amides is 1. The van der Waals surface area contributed by atoms with Crippen molar-refractivity contribution in [3.63, 3.8) is 0 Å². The normalized spacial score (nSPS) is 14.1. The van der Waals surface area contributed by atoms with Crippen LogP contribution in [0.5, 0.6) is 0 Å². The molecular formula is C16H18N8O3S. The Hall–Kier alpha value is -3.15. The van der Waals surface area contributed by atoms with E-state index in [2.05, 4.69) is 30.6 Å². The van der Waals surface area contributed by atoms with Crippen molar-refractivity contribution in [2.24, 2.45) is 13.0 Å². The van der Waals surface area contributed by atoms with Crippen LogP contribution in [0.3, 0.4) is 0 Å². The summed E-state index contributed by atoms with van der Waals surface area (Å²) in [5.74, 6) is 0.0467. The third-order valence-electron chi connectivity index (χ3n) is 4.33. The number of nitrogens with zero attached hydrogens (tertiary/aromatic N) is 7. The van der Waals surface area contributed by atoms with Gasteiger partial charge < -0.3 is 15.0 Å². The molecule has 0 unspecified atom stereocenters. The fourth-order valence-corrected chi connectivity index (χ4v) is 3.62. The molecule has 3 aromatic heterocycles. The van der Waals surface area contributed by atoms with Crippen LogP contribution in [0.1, 0.15) is 12.6 Å². The second kappa shape index (κ2) is 7.46. The summed E-state index contributed by atoms with van der Waals surface area (Å²) in [5.41, 5.74) is 1.85. The average Bonchev–Trinajstić information content (AvgIpc) is 3.21. The number of carbonyl (C=O) groups excluding carboxylic acids is 2. The molecule has 0 saturated carbocycles. The summed E-state index contributed by atoms with van der Waals surface area (Å²) in [7, 11) is 1.77. The third-order valence-corrected chi connectivity index (χ3v) is 5.14. The van der Waals surface area contributed by atoms with Crippen molar-refractivity contribution in [1.82, 2.24) is 29.9 Å². The Labute approximate surface area is 163 Å². The van der Waals surface area contributed by atoms with Gasteiger partial charge in [0.1, 0.15) is 6.33 Å². The van der Waals surface area contributed by atoms with Crippen LogP contribution in [0.4, 0.5) is 10.9 Å². The lowest BCUT2D eigenvalue weighted by atomic mass is 9.99. The van der Waals surface area contributed by atoms with Gasteiger partial charge in [0, 0.05) is 25.5 Å². The SMILES string of the molecule is CCOC(=O)Cc1csc(NC(=O)C2CN(c3ncnc4c3nnn4C)C2)n1. The highest BCUT2D eigenvalue weighted by atomic mass is 32.1. The number of fused-ring (bicyclic) bond motifs is 1. The number of nitrogens with one attached hydrogen (secondary N) is 1. The van der Waals surface area contributed by atoms with Gasteiger partial charge in [0.05, 0.1) is 24.6 Å². The van der Waals surface area contributed by atoms with Crippen LogP contribution in [-0.4, -0.2) is 61.5 Å². The largest absolute Gasteiger partial charge is 0.466 e. The molecule has 1 N–H and O–H groups in total. The van der Waals surface area contributed by atoms with Crippen LogP contribution in [-0.2, 0) is 27.8 Å². The molecule has 146 valence electrons. The Balaban J connectivity index is 1.34. The van der Waals surface area contributed by atoms with Crippen LogP contribution < -0.4 is 10.2 Å². The summed E-state index contributed by atoms with van der Waals surface area (Å²) in [6.07, 6.45) is 1.56. The molecule has 4 rings (SSSR count). The van der Waals surface area contributed by atoms with Gasteiger partial charge in [-0.1, -0.05) is 5.21 Å². The number of aryl methyl sites for hydroxylation is 1. The van der Waals surface area contributed by atoms with E-state index >= 15 is 0 Å². The van der Waals surface area contributed by atoms with E-state index in [0.29, 0.717) is 47.5 Å². The summed E-state index contributed by atoms with van der Waals surface area (Å²) in [4.78, 5) is 38.6. The molecule has 1 aliphatic rings. The summed E-state index contributed by atoms with van der Waals surface area (Å²) in [6, 6.07) is 0. The van der Waals surface area contributed by atoms with Crippen LogP contribution in [0.25, 0.3) is 11.2 Å². The van der Waals surface area contributed by atoms with Crippen LogP contribution in [0, 0.1) is 5.92 Å². The molecule has 0 aliphatic carbocycles. The first-order valence-electron chi connectivity index (χ1n) is 8.71. The molecule has 3 aromatic rings. The molecular weight excluding hydrogens is 384 g/mol. The van der Waals surface area contributed by atoms with Crippen LogP contribution >= 0.6 is 11.3 Å². The monoisotopic (exact) mass is 402 g/mol. The molecule has 12 heteroatoms. The van der Waals surface area contributed by atoms with Gasteiger partial charge >= 0.3 is 5.97 Å². The molecule has 28 heavy (non-hydrogen) atoms. The molecule has 1 aliphatic heterocycles. The number of rotatable bonds is 6. The molecule has 1 fully saturated rings. The van der Waals surface area contributed by atoms with E-state index < -0.39 is 0 Å². The average molecular weight is 402 g/mol. The van der Waals surface area contributed by atoms with Gasteiger partial charge in [0.25, 0.3) is 0 Å². The molecule has 0 atom stereocenters. The first kappa shape index (κ1) is 18.2. The summed E-state index contributed by atoms with van der Waals surface area (Å²) in [6.45, 7) is 3.13. The van der Waals surface area contributed by atoms with Gasteiger partial charge in [0.15, 0.2) is 22.1 Å². The molecule has 1 saturated heterocycles. The van der Waals surface area contributed by atoms with Crippen LogP contribution in [0.2, 0.25) is 0 Å². The minimum absolute atomic E-state index is 0.0965. The van der Waals surface area contributed by atoms with Crippen molar-refractivity contribution in [1.29, 1.82) is 0 Å². The number of hydrogen-bond donors (Lipinski definition) is 1. The quantitative estimate of drug-likeness (QED) is 0.582. The molecule has 0 spiro atoms. The van der Waals surface area contributed by atoms with Gasteiger partial charge in [-0.25, -0.2) is 19.6 Å². The first-order chi connectivity index (χ1) is 13.5. The summed E-state index contributed by atoms with van der Waals surface area (Å²) >= 11 is 1.29. The number of ether oxygens (including phenoxy) is 1. The molecule has 0 radical (unpaired) electrons. The lowest BCUT2D eigenvalue weighted by Gasteiger charge is -2.38. The zero-order valence-electron chi connectivity index (χ0n) is 15.3. The van der Waals surface area contributed by atoms with E-state index in [-0.39, 0.29) is 24.2 Å². The fraction of sp³-hybridized carbons (Fsp3) is 0.438. The molecule has 1 amide bonds. The number of anilines is 2. The van der Waals surface area contributed by atoms with Gasteiger partial charge in [-0.3, -0.25) is 9.59 Å². The van der Waals surface area contributed by atoms with Crippen LogP contribution in [0.15, 0.2) is 11.7 Å². The lowest BCUT2D eigenvalue weighted by molar-refractivity contribution is -0.142. The standard InChI is InChI=1S/C16H18N8O3S/c1-3-27-11(25)4-10-7-28-16(19-10)20-15(26)9-5-24(6-9)14-12-13(17-8-18-14)23(2)22-21-12/h7-9H,3-6H2,1-2H3,(H,19,20,26). The van der Waals surface area contributed by atoms with Crippen molar-refractivity contribution in [2.45, 2.75) is 13.3 Å². The zero-order valence-corrected chi connectivity index (χ0v) is 16.1. The highest BCUT2D eigenvalue weighted by Crippen LogP contribution is 2.28. The minimum atomic E-state index is -0.333. The Morgan fingerprint density at radius 1 is 1.36 bits per heavy atom. The van der Waals surface area contributed by atoms with Gasteiger partial charge in [-0.05, 0) is 6.92 Å². The maximum absolute atomic E-state index is 12.4. The Kier molecular flexibility index (Phi) is 4.86. The zero-order chi connectivity index (χ0) is 19.7. The third kappa shape index (κ3) is 3.50. The van der Waals surface area contributed by atoms with Gasteiger partial charge in [-0.2, -0.15) is 0 Å². The predicted molar refractivity (Wildman–Crippen MR) is 101 cm³/mol. The second-order valence-electron chi connectivity index (χ2n) is 6.30. The minimum Gasteiger partial charge on any atom is -0.466 e. The smallest absolute Gasteiger partial charge is 0.311 e. The predicted octanol–water partition coefficient (Wildman–Crippen LogP) is 0.395. The van der Waals surface area contributed by atoms with E-state index in [0.717, 1.165) is 0 Å². The van der Waals surface area contributed by atoms with Crippen molar-refractivity contribution in [3.8, 4) is 0 Å². The van der Waals surface area contributed by atoms with Crippen molar-refractivity contribution in [3.05, 3.63) is 17.4 Å². The Bertz CT molecular complexity index is 1030. The second-order valence-corrected chi connectivity index (χ2v) is 7.16. The number of hydrogen-bond acceptors (Lipinski definition) is 10. The van der Waals surface area contributed by atoms with E-state index in [1.54, 1.807) is 24.0 Å². The molecule has 0 aromatic carbocycles. The van der Waals surface area contributed by atoms with Gasteiger partial charge in [0.2, 0.25) is 5.91 Å². The number of esters is 1. The summed E-state index contributed by atoms with van der Waals surface area (Å²) < 4.78 is 6.48. The van der Waals surface area contributed by atoms with Crippen molar-refractivity contribution >= 4 is 45.3 Å². The van der Waals surface area contributed by atoms with E-state index in [1.807, 2.05) is 4.90 Å². The number of aromatic nitrogens is 6. The maximum atomic E-state index is 12.4. The topological polar surface area (TPSA) is 128 Å². The molecule has 11 nitrogen and oxygen atoms in total. The highest BCUT2D eigenvalue weighted by molar-refractivity contribution is 7.13. The summed E-state index contributed by atoms with van der Waals surface area (Å²) in [5, 5.41) is 13.1. The Morgan fingerprint density at radius 3 is 2.96 bits per heavy atom. The van der Waals surface area contributed by atoms with E-state index in [9.17, 15) is 9.59 Å². The van der Waals surface area contributed by atoms with E-state index in [4.69, 9.17) is 4.74 Å². The first-order valence-corrected chi connectivity index (χ1v) is 9.59. The van der Waals surface area contributed by atoms with Crippen molar-refractivity contribution in [2.75, 3.05) is 29.9 Å². The number of thiazole rings is 1. The van der Waals surface area contributed by atoms with Crippen molar-refractivity contribution < 1.29 is 14.3 Å². The molecule has 4 heterocycles. The molecule has 0 bridgehead atoms. The van der Waals surface area contributed by atoms with Gasteiger partial charge in [-0.15, -0.1) is 16.4 Å².